The summed E-state index contributed by atoms with van der Waals surface area (Å²) < 4.78 is 26.3. The lowest BCUT2D eigenvalue weighted by molar-refractivity contribution is -0.115. The molecule has 1 heterocycles. The van der Waals surface area contributed by atoms with Crippen molar-refractivity contribution < 1.29 is 13.6 Å². The lowest BCUT2D eigenvalue weighted by atomic mass is 10.1. The molecule has 0 aromatic heterocycles. The Morgan fingerprint density at radius 1 is 1.20 bits per heavy atom. The highest BCUT2D eigenvalue weighted by atomic mass is 32.2. The van der Waals surface area contributed by atoms with Crippen LogP contribution in [0.5, 0.6) is 0 Å². The standard InChI is InChI=1S/C15H11F2NOS/c16-10-5-6-12(11(17)8-10)18-15(19)14-7-9-3-1-2-4-13(9)20-14/h1-6,8,14H,7H2,(H,18,19). The van der Waals surface area contributed by atoms with Gasteiger partial charge in [0.15, 0.2) is 0 Å². The third kappa shape index (κ3) is 2.54. The Bertz CT molecular complexity index is 650. The van der Waals surface area contributed by atoms with Gasteiger partial charge in [-0.15, -0.1) is 11.8 Å². The number of hydrogen-bond donors (Lipinski definition) is 1. The zero-order valence-electron chi connectivity index (χ0n) is 10.4. The van der Waals surface area contributed by atoms with Gasteiger partial charge in [-0.3, -0.25) is 4.79 Å². The predicted octanol–water partition coefficient (Wildman–Crippen LogP) is 3.62. The van der Waals surface area contributed by atoms with Crippen LogP contribution in [0.3, 0.4) is 0 Å². The zero-order chi connectivity index (χ0) is 14.1. The normalized spacial score (nSPS) is 16.8. The fourth-order valence-electron chi connectivity index (χ4n) is 2.13. The number of fused-ring (bicyclic) bond motifs is 1. The van der Waals surface area contributed by atoms with E-state index in [1.165, 1.54) is 17.8 Å². The molecule has 20 heavy (non-hydrogen) atoms. The summed E-state index contributed by atoms with van der Waals surface area (Å²) >= 11 is 1.46. The van der Waals surface area contributed by atoms with Gasteiger partial charge in [-0.25, -0.2) is 8.78 Å². The molecule has 0 radical (unpaired) electrons. The van der Waals surface area contributed by atoms with Gasteiger partial charge in [-0.05, 0) is 30.2 Å². The third-order valence-electron chi connectivity index (χ3n) is 3.13. The molecule has 102 valence electrons. The Kier molecular flexibility index (Phi) is 3.44. The topological polar surface area (TPSA) is 29.1 Å². The van der Waals surface area contributed by atoms with Crippen molar-refractivity contribution in [2.75, 3.05) is 5.32 Å². The first kappa shape index (κ1) is 13.1. The number of thioether (sulfide) groups is 1. The van der Waals surface area contributed by atoms with Crippen LogP contribution in [-0.2, 0) is 11.2 Å². The minimum absolute atomic E-state index is 0.00737. The number of nitrogens with one attached hydrogen (secondary N) is 1. The number of anilines is 1. The lowest BCUT2D eigenvalue weighted by Gasteiger charge is -2.10. The maximum Gasteiger partial charge on any atom is 0.238 e. The number of benzene rings is 2. The highest BCUT2D eigenvalue weighted by Crippen LogP contribution is 2.37. The molecular formula is C15H11F2NOS. The van der Waals surface area contributed by atoms with Crippen molar-refractivity contribution in [3.05, 3.63) is 59.7 Å². The molecular weight excluding hydrogens is 280 g/mol. The maximum absolute atomic E-state index is 13.5. The van der Waals surface area contributed by atoms with Crippen molar-refractivity contribution in [2.24, 2.45) is 0 Å². The van der Waals surface area contributed by atoms with Crippen LogP contribution in [0.2, 0.25) is 0 Å². The van der Waals surface area contributed by atoms with Crippen molar-refractivity contribution in [3.63, 3.8) is 0 Å². The minimum Gasteiger partial charge on any atom is -0.323 e. The summed E-state index contributed by atoms with van der Waals surface area (Å²) in [5, 5.41) is 2.23. The number of rotatable bonds is 2. The number of hydrogen-bond acceptors (Lipinski definition) is 2. The van der Waals surface area contributed by atoms with Crippen LogP contribution in [0.1, 0.15) is 5.56 Å². The van der Waals surface area contributed by atoms with E-state index in [-0.39, 0.29) is 16.8 Å². The maximum atomic E-state index is 13.5. The summed E-state index contributed by atoms with van der Waals surface area (Å²) in [5.74, 6) is -1.70. The molecule has 0 aliphatic carbocycles. The molecule has 0 saturated heterocycles. The lowest BCUT2D eigenvalue weighted by Crippen LogP contribution is -2.25. The molecule has 0 bridgehead atoms. The summed E-state index contributed by atoms with van der Waals surface area (Å²) in [4.78, 5) is 13.2. The van der Waals surface area contributed by atoms with E-state index in [4.69, 9.17) is 0 Å². The summed E-state index contributed by atoms with van der Waals surface area (Å²) in [5.41, 5.74) is 1.13. The van der Waals surface area contributed by atoms with E-state index in [1.807, 2.05) is 24.3 Å². The predicted molar refractivity (Wildman–Crippen MR) is 74.8 cm³/mol. The summed E-state index contributed by atoms with van der Waals surface area (Å²) in [6.45, 7) is 0. The van der Waals surface area contributed by atoms with E-state index in [1.54, 1.807) is 0 Å². The van der Waals surface area contributed by atoms with Crippen LogP contribution in [0.4, 0.5) is 14.5 Å². The Balaban J connectivity index is 1.72. The van der Waals surface area contributed by atoms with Crippen molar-refractivity contribution in [2.45, 2.75) is 16.6 Å². The Labute approximate surface area is 119 Å². The van der Waals surface area contributed by atoms with Crippen LogP contribution >= 0.6 is 11.8 Å². The van der Waals surface area contributed by atoms with Gasteiger partial charge in [-0.1, -0.05) is 18.2 Å². The first-order valence-corrected chi connectivity index (χ1v) is 7.02. The number of carbonyl (C=O) groups excluding carboxylic acids is 1. The highest BCUT2D eigenvalue weighted by molar-refractivity contribution is 8.01. The summed E-state index contributed by atoms with van der Waals surface area (Å²) in [6, 6.07) is 10.9. The molecule has 2 nitrogen and oxygen atoms in total. The van der Waals surface area contributed by atoms with Crippen molar-refractivity contribution in [1.82, 2.24) is 0 Å². The van der Waals surface area contributed by atoms with Crippen LogP contribution in [0, 0.1) is 11.6 Å². The summed E-state index contributed by atoms with van der Waals surface area (Å²) in [7, 11) is 0. The van der Waals surface area contributed by atoms with Gasteiger partial charge in [-0.2, -0.15) is 0 Å². The van der Waals surface area contributed by atoms with Gasteiger partial charge in [0.2, 0.25) is 5.91 Å². The highest BCUT2D eigenvalue weighted by Gasteiger charge is 2.28. The third-order valence-corrected chi connectivity index (χ3v) is 4.45. The molecule has 1 unspecified atom stereocenters. The molecule has 1 aliphatic heterocycles. The van der Waals surface area contributed by atoms with Crippen LogP contribution < -0.4 is 5.32 Å². The van der Waals surface area contributed by atoms with Crippen molar-refractivity contribution in [1.29, 1.82) is 0 Å². The van der Waals surface area contributed by atoms with E-state index in [0.717, 1.165) is 22.6 Å². The van der Waals surface area contributed by atoms with Crippen molar-refractivity contribution in [3.8, 4) is 0 Å². The van der Waals surface area contributed by atoms with Crippen LogP contribution in [-0.4, -0.2) is 11.2 Å². The van der Waals surface area contributed by atoms with Gasteiger partial charge in [0.05, 0.1) is 10.9 Å². The van der Waals surface area contributed by atoms with Gasteiger partial charge in [0.25, 0.3) is 0 Å². The van der Waals surface area contributed by atoms with E-state index < -0.39 is 11.6 Å². The number of amides is 1. The Morgan fingerprint density at radius 3 is 2.75 bits per heavy atom. The number of halogens is 2. The van der Waals surface area contributed by atoms with Crippen LogP contribution in [0.15, 0.2) is 47.4 Å². The second-order valence-electron chi connectivity index (χ2n) is 4.53. The molecule has 1 N–H and O–H groups in total. The van der Waals surface area contributed by atoms with Gasteiger partial charge in [0.1, 0.15) is 11.6 Å². The fraction of sp³-hybridized carbons (Fsp3) is 0.133. The molecule has 0 fully saturated rings. The number of carbonyl (C=O) groups is 1. The fourth-order valence-corrected chi connectivity index (χ4v) is 3.33. The molecule has 3 rings (SSSR count). The largest absolute Gasteiger partial charge is 0.323 e. The second-order valence-corrected chi connectivity index (χ2v) is 5.78. The molecule has 1 amide bonds. The molecule has 1 atom stereocenters. The molecule has 0 saturated carbocycles. The zero-order valence-corrected chi connectivity index (χ0v) is 11.2. The molecule has 1 aliphatic rings. The van der Waals surface area contributed by atoms with E-state index >= 15 is 0 Å². The van der Waals surface area contributed by atoms with Gasteiger partial charge < -0.3 is 5.32 Å². The average Bonchev–Trinajstić information content (AvgIpc) is 2.86. The van der Waals surface area contributed by atoms with E-state index in [9.17, 15) is 13.6 Å². The van der Waals surface area contributed by atoms with Crippen LogP contribution in [0.25, 0.3) is 0 Å². The van der Waals surface area contributed by atoms with E-state index in [0.29, 0.717) is 6.42 Å². The van der Waals surface area contributed by atoms with E-state index in [2.05, 4.69) is 5.32 Å². The molecule has 2 aromatic rings. The Morgan fingerprint density at radius 2 is 2.00 bits per heavy atom. The summed E-state index contributed by atoms with van der Waals surface area (Å²) in [6.07, 6.45) is 0.621. The van der Waals surface area contributed by atoms with Gasteiger partial charge in [0, 0.05) is 11.0 Å². The second kappa shape index (κ2) is 5.25. The SMILES string of the molecule is O=C(Nc1ccc(F)cc1F)C1Cc2ccccc2S1. The average molecular weight is 291 g/mol. The Hall–Kier alpha value is -1.88. The molecule has 5 heteroatoms. The molecule has 2 aromatic carbocycles. The monoisotopic (exact) mass is 291 g/mol. The minimum atomic E-state index is -0.765. The first-order chi connectivity index (χ1) is 9.63. The van der Waals surface area contributed by atoms with Gasteiger partial charge >= 0.3 is 0 Å². The quantitative estimate of drug-likeness (QED) is 0.915. The van der Waals surface area contributed by atoms with Crippen molar-refractivity contribution >= 4 is 23.4 Å². The molecule has 0 spiro atoms. The first-order valence-electron chi connectivity index (χ1n) is 6.14. The smallest absolute Gasteiger partial charge is 0.238 e.